The fourth-order valence-electron chi connectivity index (χ4n) is 4.12. The van der Waals surface area contributed by atoms with E-state index in [1.54, 1.807) is 0 Å². The molecule has 4 rings (SSSR count). The van der Waals surface area contributed by atoms with Crippen LogP contribution < -0.4 is 15.4 Å². The highest BCUT2D eigenvalue weighted by atomic mass is 127. The third-order valence-corrected chi connectivity index (χ3v) is 5.82. The van der Waals surface area contributed by atoms with Crippen LogP contribution in [0.2, 0.25) is 0 Å². The molecule has 0 spiro atoms. The van der Waals surface area contributed by atoms with E-state index in [9.17, 15) is 4.79 Å². The number of amides is 1. The van der Waals surface area contributed by atoms with Crippen molar-refractivity contribution in [1.29, 1.82) is 0 Å². The first-order chi connectivity index (χ1) is 15.2. The molecule has 7 heteroatoms. The van der Waals surface area contributed by atoms with Gasteiger partial charge in [-0.25, -0.2) is 4.99 Å². The van der Waals surface area contributed by atoms with Crippen LogP contribution in [0.5, 0.6) is 5.75 Å². The maximum absolute atomic E-state index is 12.6. The number of halogens is 1. The fraction of sp³-hybridized carbons (Fsp3) is 0.440. The number of nitrogens with zero attached hydrogens (tertiary/aromatic N) is 2. The Morgan fingerprint density at radius 1 is 1.06 bits per heavy atom. The molecule has 2 aromatic carbocycles. The second kappa shape index (κ2) is 12.1. The van der Waals surface area contributed by atoms with E-state index in [0.717, 1.165) is 61.7 Å². The van der Waals surface area contributed by atoms with Gasteiger partial charge in [-0.2, -0.15) is 0 Å². The molecule has 0 aromatic heterocycles. The van der Waals surface area contributed by atoms with E-state index < -0.39 is 0 Å². The zero-order valence-electron chi connectivity index (χ0n) is 18.7. The number of piperidine rings is 1. The second-order valence-corrected chi connectivity index (χ2v) is 8.18. The molecule has 2 heterocycles. The highest BCUT2D eigenvalue weighted by Crippen LogP contribution is 2.27. The van der Waals surface area contributed by atoms with Gasteiger partial charge in [0.2, 0.25) is 0 Å². The molecule has 0 saturated carbocycles. The van der Waals surface area contributed by atoms with Crippen LogP contribution in [-0.2, 0) is 13.0 Å². The van der Waals surface area contributed by atoms with Crippen LogP contribution >= 0.6 is 24.0 Å². The van der Waals surface area contributed by atoms with Gasteiger partial charge in [0.1, 0.15) is 11.9 Å². The molecule has 2 aliphatic rings. The summed E-state index contributed by atoms with van der Waals surface area (Å²) in [6.45, 7) is 5.85. The van der Waals surface area contributed by atoms with Gasteiger partial charge in [-0.15, -0.1) is 24.0 Å². The van der Waals surface area contributed by atoms with Crippen molar-refractivity contribution in [2.45, 2.75) is 45.3 Å². The molecule has 0 aliphatic carbocycles. The van der Waals surface area contributed by atoms with Gasteiger partial charge in [0, 0.05) is 31.6 Å². The van der Waals surface area contributed by atoms with Crippen LogP contribution in [0.1, 0.15) is 47.7 Å². The monoisotopic (exact) mass is 548 g/mol. The minimum absolute atomic E-state index is 0. The van der Waals surface area contributed by atoms with E-state index in [2.05, 4.69) is 29.7 Å². The summed E-state index contributed by atoms with van der Waals surface area (Å²) in [6.07, 6.45) is 4.46. The fourth-order valence-corrected chi connectivity index (χ4v) is 4.12. The summed E-state index contributed by atoms with van der Waals surface area (Å²) in [5.41, 5.74) is 3.10. The Hall–Kier alpha value is -2.29. The highest BCUT2D eigenvalue weighted by molar-refractivity contribution is 14.0. The number of hydrogen-bond donors (Lipinski definition) is 2. The summed E-state index contributed by atoms with van der Waals surface area (Å²) in [6, 6.07) is 16.0. The molecule has 1 saturated heterocycles. The number of carbonyl (C=O) groups is 1. The number of nitrogens with one attached hydrogen (secondary N) is 2. The lowest BCUT2D eigenvalue weighted by Crippen LogP contribution is -2.42. The number of fused-ring (bicyclic) bond motifs is 1. The number of para-hydroxylation sites is 1. The van der Waals surface area contributed by atoms with Gasteiger partial charge in [-0.3, -0.25) is 4.79 Å². The average Bonchev–Trinajstić information content (AvgIpc) is 3.24. The maximum atomic E-state index is 12.6. The summed E-state index contributed by atoms with van der Waals surface area (Å²) in [5.74, 6) is 1.90. The van der Waals surface area contributed by atoms with Gasteiger partial charge in [-0.05, 0) is 55.5 Å². The second-order valence-electron chi connectivity index (χ2n) is 8.18. The zero-order chi connectivity index (χ0) is 21.5. The van der Waals surface area contributed by atoms with Gasteiger partial charge in [0.05, 0.1) is 13.1 Å². The first-order valence-electron chi connectivity index (χ1n) is 11.4. The molecule has 0 radical (unpaired) electrons. The Balaban J connectivity index is 0.00000289. The van der Waals surface area contributed by atoms with Crippen molar-refractivity contribution in [2.75, 3.05) is 26.2 Å². The van der Waals surface area contributed by atoms with E-state index in [4.69, 9.17) is 9.73 Å². The molecule has 0 bridgehead atoms. The van der Waals surface area contributed by atoms with E-state index in [-0.39, 0.29) is 36.0 Å². The van der Waals surface area contributed by atoms with Crippen LogP contribution in [0.25, 0.3) is 0 Å². The molecule has 1 unspecified atom stereocenters. The van der Waals surface area contributed by atoms with Crippen molar-refractivity contribution < 1.29 is 9.53 Å². The number of benzene rings is 2. The number of carbonyl (C=O) groups excluding carboxylic acids is 1. The van der Waals surface area contributed by atoms with Gasteiger partial charge in [0.25, 0.3) is 5.91 Å². The first kappa shape index (κ1) is 24.4. The molecule has 6 nitrogen and oxygen atoms in total. The molecule has 2 N–H and O–H groups in total. The molecule has 1 fully saturated rings. The molecule has 2 aromatic rings. The average molecular weight is 548 g/mol. The van der Waals surface area contributed by atoms with Gasteiger partial charge >= 0.3 is 0 Å². The van der Waals surface area contributed by atoms with Crippen LogP contribution in [0.4, 0.5) is 0 Å². The zero-order valence-corrected chi connectivity index (χ0v) is 21.0. The van der Waals surface area contributed by atoms with Crippen LogP contribution in [0.3, 0.4) is 0 Å². The van der Waals surface area contributed by atoms with Crippen molar-refractivity contribution in [3.63, 3.8) is 0 Å². The Morgan fingerprint density at radius 2 is 1.81 bits per heavy atom. The number of likely N-dealkylation sites (tertiary alicyclic amines) is 1. The van der Waals surface area contributed by atoms with Gasteiger partial charge < -0.3 is 20.3 Å². The van der Waals surface area contributed by atoms with Crippen molar-refractivity contribution in [3.05, 3.63) is 65.2 Å². The van der Waals surface area contributed by atoms with Crippen molar-refractivity contribution in [3.8, 4) is 5.75 Å². The lowest BCUT2D eigenvalue weighted by molar-refractivity contribution is 0.0724. The Labute approximate surface area is 207 Å². The van der Waals surface area contributed by atoms with Crippen LogP contribution in [-0.4, -0.2) is 49.0 Å². The standard InChI is InChI=1S/C25H32N4O2.HI/c1-2-26-25(28-18-22-16-21-8-4-5-9-23(21)31-22)27-17-19-10-12-20(13-11-19)24(30)29-14-6-3-7-15-29;/h4-5,8-13,22H,2-3,6-7,14-18H2,1H3,(H2,26,27,28);1H. The van der Waals surface area contributed by atoms with Gasteiger partial charge in [-0.1, -0.05) is 30.3 Å². The van der Waals surface area contributed by atoms with Gasteiger partial charge in [0.15, 0.2) is 5.96 Å². The van der Waals surface area contributed by atoms with Crippen LogP contribution in [0.15, 0.2) is 53.5 Å². The first-order valence-corrected chi connectivity index (χ1v) is 11.4. The van der Waals surface area contributed by atoms with E-state index >= 15 is 0 Å². The summed E-state index contributed by atoms with van der Waals surface area (Å²) >= 11 is 0. The SMILES string of the molecule is CCNC(=NCc1ccc(C(=O)N2CCCCC2)cc1)NCC1Cc2ccccc2O1.I. The maximum Gasteiger partial charge on any atom is 0.253 e. The Bertz CT molecular complexity index is 885. The predicted molar refractivity (Wildman–Crippen MR) is 139 cm³/mol. The van der Waals surface area contributed by atoms with Crippen molar-refractivity contribution in [1.82, 2.24) is 15.5 Å². The Morgan fingerprint density at radius 3 is 2.53 bits per heavy atom. The third-order valence-electron chi connectivity index (χ3n) is 5.82. The third kappa shape index (κ3) is 6.37. The summed E-state index contributed by atoms with van der Waals surface area (Å²) < 4.78 is 6.00. The quantitative estimate of drug-likeness (QED) is 0.326. The molecule has 1 amide bonds. The number of rotatable bonds is 6. The molecule has 1 atom stereocenters. The lowest BCUT2D eigenvalue weighted by atomic mass is 10.1. The van der Waals surface area contributed by atoms with E-state index in [0.29, 0.717) is 13.1 Å². The number of hydrogen-bond acceptors (Lipinski definition) is 3. The lowest BCUT2D eigenvalue weighted by Gasteiger charge is -2.26. The number of aliphatic imine (C=N–C) groups is 1. The predicted octanol–water partition coefficient (Wildman–Crippen LogP) is 3.99. The summed E-state index contributed by atoms with van der Waals surface area (Å²) in [4.78, 5) is 19.3. The van der Waals surface area contributed by atoms with Crippen molar-refractivity contribution in [2.24, 2.45) is 4.99 Å². The minimum Gasteiger partial charge on any atom is -0.488 e. The minimum atomic E-state index is 0. The number of guanidine groups is 1. The molecular weight excluding hydrogens is 515 g/mol. The molecule has 2 aliphatic heterocycles. The van der Waals surface area contributed by atoms with Crippen LogP contribution in [0, 0.1) is 0 Å². The normalized spacial score (nSPS) is 17.7. The molecule has 172 valence electrons. The molecule has 32 heavy (non-hydrogen) atoms. The topological polar surface area (TPSA) is 66.0 Å². The summed E-state index contributed by atoms with van der Waals surface area (Å²) in [7, 11) is 0. The number of ether oxygens (including phenoxy) is 1. The summed E-state index contributed by atoms with van der Waals surface area (Å²) in [5, 5.41) is 6.69. The van der Waals surface area contributed by atoms with E-state index in [1.165, 1.54) is 12.0 Å². The molecular formula is C25H33IN4O2. The Kier molecular flexibility index (Phi) is 9.20. The van der Waals surface area contributed by atoms with E-state index in [1.807, 2.05) is 41.3 Å². The highest BCUT2D eigenvalue weighted by Gasteiger charge is 2.22. The van der Waals surface area contributed by atoms with Crippen molar-refractivity contribution >= 4 is 35.8 Å². The largest absolute Gasteiger partial charge is 0.488 e. The smallest absolute Gasteiger partial charge is 0.253 e.